The predicted molar refractivity (Wildman–Crippen MR) is 33.4 cm³/mol. The number of nitrogens with two attached hydrogens (primary N) is 1. The maximum Gasteiger partial charge on any atom is 0.207 e. The van der Waals surface area contributed by atoms with Gasteiger partial charge in [-0.2, -0.15) is 0 Å². The minimum absolute atomic E-state index is 0.112. The van der Waals surface area contributed by atoms with Crippen LogP contribution < -0.4 is 16.4 Å². The van der Waals surface area contributed by atoms with Crippen molar-refractivity contribution in [1.82, 2.24) is 10.6 Å². The average molecular weight is 129 g/mol. The molecule has 0 spiro atoms. The third kappa shape index (κ3) is 6.74. The molecule has 0 saturated carbocycles. The number of carbonyl (C=O) groups excluding carboxylic acids is 1. The molecule has 0 rings (SSSR count). The lowest BCUT2D eigenvalue weighted by Crippen LogP contribution is -2.33. The first-order valence-corrected chi connectivity index (χ1v) is 2.36. The molecule has 0 aliphatic rings. The van der Waals surface area contributed by atoms with Crippen molar-refractivity contribution in [2.45, 2.75) is 0 Å². The van der Waals surface area contributed by atoms with E-state index < -0.39 is 0 Å². The van der Waals surface area contributed by atoms with Gasteiger partial charge in [0.15, 0.2) is 5.96 Å². The fraction of sp³-hybridized carbons (Fsp3) is 0.250. The van der Waals surface area contributed by atoms with E-state index in [1.54, 1.807) is 0 Å². The van der Waals surface area contributed by atoms with Crippen LogP contribution in [0.25, 0.3) is 0 Å². The van der Waals surface area contributed by atoms with E-state index in [9.17, 15) is 4.79 Å². The monoisotopic (exact) mass is 129 g/mol. The Kier molecular flexibility index (Phi) is 4.20. The Hall–Kier alpha value is -1.26. The van der Waals surface area contributed by atoms with E-state index in [2.05, 4.69) is 10.6 Å². The van der Waals surface area contributed by atoms with E-state index in [-0.39, 0.29) is 5.96 Å². The SMILES string of the molecule is N=C(N)NC[CH]NC=O. The first-order valence-electron chi connectivity index (χ1n) is 2.36. The van der Waals surface area contributed by atoms with Crippen molar-refractivity contribution >= 4 is 12.4 Å². The number of nitrogens with one attached hydrogen (secondary N) is 3. The van der Waals surface area contributed by atoms with Gasteiger partial charge in [0, 0.05) is 6.54 Å². The minimum Gasteiger partial charge on any atom is -0.370 e. The Balaban J connectivity index is 2.91. The van der Waals surface area contributed by atoms with E-state index in [1.165, 1.54) is 6.54 Å². The van der Waals surface area contributed by atoms with Crippen molar-refractivity contribution in [2.75, 3.05) is 6.54 Å². The molecule has 5 N–H and O–H groups in total. The molecule has 0 fully saturated rings. The van der Waals surface area contributed by atoms with Crippen LogP contribution in [0.4, 0.5) is 0 Å². The molecule has 0 bridgehead atoms. The molecule has 0 heterocycles. The van der Waals surface area contributed by atoms with Crippen molar-refractivity contribution in [1.29, 1.82) is 5.41 Å². The zero-order valence-corrected chi connectivity index (χ0v) is 4.85. The van der Waals surface area contributed by atoms with Gasteiger partial charge in [0.2, 0.25) is 6.41 Å². The molecule has 0 aromatic carbocycles. The van der Waals surface area contributed by atoms with E-state index in [4.69, 9.17) is 11.1 Å². The van der Waals surface area contributed by atoms with Gasteiger partial charge in [0.05, 0.1) is 6.54 Å². The van der Waals surface area contributed by atoms with Crippen LogP contribution in [-0.2, 0) is 4.79 Å². The van der Waals surface area contributed by atoms with Crippen molar-refractivity contribution in [3.05, 3.63) is 6.54 Å². The Morgan fingerprint density at radius 1 is 1.78 bits per heavy atom. The number of hydrogen-bond acceptors (Lipinski definition) is 2. The number of guanidine groups is 1. The molecule has 9 heavy (non-hydrogen) atoms. The summed E-state index contributed by atoms with van der Waals surface area (Å²) in [6, 6.07) is 0. The third-order valence-corrected chi connectivity index (χ3v) is 0.580. The second-order valence-electron chi connectivity index (χ2n) is 1.28. The van der Waals surface area contributed by atoms with E-state index in [1.807, 2.05) is 0 Å². The van der Waals surface area contributed by atoms with Gasteiger partial charge in [-0.25, -0.2) is 0 Å². The summed E-state index contributed by atoms with van der Waals surface area (Å²) in [7, 11) is 0. The topological polar surface area (TPSA) is 91.0 Å². The van der Waals surface area contributed by atoms with Crippen LogP contribution in [0.15, 0.2) is 0 Å². The summed E-state index contributed by atoms with van der Waals surface area (Å²) in [6.45, 7) is 1.82. The summed E-state index contributed by atoms with van der Waals surface area (Å²) in [5, 5.41) is 11.4. The average Bonchev–Trinajstić information content (AvgIpc) is 1.80. The summed E-state index contributed by atoms with van der Waals surface area (Å²) in [4.78, 5) is 9.59. The first-order chi connectivity index (χ1) is 4.27. The Morgan fingerprint density at radius 3 is 2.89 bits per heavy atom. The van der Waals surface area contributed by atoms with Gasteiger partial charge in [-0.3, -0.25) is 10.2 Å². The summed E-state index contributed by atoms with van der Waals surface area (Å²) in [5.41, 5.74) is 4.91. The third-order valence-electron chi connectivity index (χ3n) is 0.580. The van der Waals surface area contributed by atoms with Crippen LogP contribution in [0, 0.1) is 12.0 Å². The maximum absolute atomic E-state index is 9.59. The highest BCUT2D eigenvalue weighted by atomic mass is 16.1. The summed E-state index contributed by atoms with van der Waals surface area (Å²) >= 11 is 0. The summed E-state index contributed by atoms with van der Waals surface area (Å²) in [6.07, 6.45) is 0.543. The van der Waals surface area contributed by atoms with Crippen LogP contribution in [0.2, 0.25) is 0 Å². The van der Waals surface area contributed by atoms with Gasteiger partial charge in [0.1, 0.15) is 0 Å². The molecule has 0 aliphatic heterocycles. The Morgan fingerprint density at radius 2 is 2.44 bits per heavy atom. The maximum atomic E-state index is 9.59. The molecule has 0 aromatic rings. The lowest BCUT2D eigenvalue weighted by molar-refractivity contribution is -0.109. The van der Waals surface area contributed by atoms with E-state index in [0.29, 0.717) is 13.0 Å². The summed E-state index contributed by atoms with van der Waals surface area (Å²) in [5.74, 6) is -0.112. The molecule has 0 saturated heterocycles. The van der Waals surface area contributed by atoms with Gasteiger partial charge in [-0.1, -0.05) is 0 Å². The smallest absolute Gasteiger partial charge is 0.207 e. The van der Waals surface area contributed by atoms with Gasteiger partial charge in [-0.05, 0) is 0 Å². The van der Waals surface area contributed by atoms with Crippen LogP contribution >= 0.6 is 0 Å². The lowest BCUT2D eigenvalue weighted by Gasteiger charge is -1.99. The largest absolute Gasteiger partial charge is 0.370 e. The molecule has 5 heteroatoms. The molecule has 51 valence electrons. The zero-order chi connectivity index (χ0) is 7.11. The zero-order valence-electron chi connectivity index (χ0n) is 4.85. The molecular formula is C4H9N4O. The molecule has 5 nitrogen and oxygen atoms in total. The van der Waals surface area contributed by atoms with Crippen molar-refractivity contribution in [2.24, 2.45) is 5.73 Å². The fourth-order valence-corrected chi connectivity index (χ4v) is 0.268. The van der Waals surface area contributed by atoms with E-state index in [0.717, 1.165) is 0 Å². The Bertz CT molecular complexity index is 103. The highest BCUT2D eigenvalue weighted by Gasteiger charge is 1.84. The number of carbonyl (C=O) groups is 1. The lowest BCUT2D eigenvalue weighted by atomic mass is 10.6. The van der Waals surface area contributed by atoms with Crippen molar-refractivity contribution in [3.8, 4) is 0 Å². The number of hydrogen-bond donors (Lipinski definition) is 4. The van der Waals surface area contributed by atoms with Gasteiger partial charge in [0.25, 0.3) is 0 Å². The normalized spacial score (nSPS) is 8.00. The Labute approximate surface area is 53.1 Å². The highest BCUT2D eigenvalue weighted by Crippen LogP contribution is 1.60. The molecule has 0 unspecified atom stereocenters. The van der Waals surface area contributed by atoms with Crippen molar-refractivity contribution < 1.29 is 4.79 Å². The van der Waals surface area contributed by atoms with E-state index >= 15 is 0 Å². The van der Waals surface area contributed by atoms with Crippen LogP contribution in [-0.4, -0.2) is 18.9 Å². The quantitative estimate of drug-likeness (QED) is 0.159. The summed E-state index contributed by atoms with van der Waals surface area (Å²) < 4.78 is 0. The van der Waals surface area contributed by atoms with Crippen LogP contribution in [0.5, 0.6) is 0 Å². The van der Waals surface area contributed by atoms with Crippen molar-refractivity contribution in [3.63, 3.8) is 0 Å². The second-order valence-corrected chi connectivity index (χ2v) is 1.28. The molecule has 0 aromatic heterocycles. The number of rotatable bonds is 4. The molecule has 1 amide bonds. The first kappa shape index (κ1) is 7.74. The molecular weight excluding hydrogens is 120 g/mol. The molecule has 0 aliphatic carbocycles. The molecule has 1 radical (unpaired) electrons. The number of amides is 1. The standard InChI is InChI=1S/C4H9N4O/c5-4(6)8-2-1-7-3-9/h1,3H,2H2,(H,7,9)(H4,5,6,8). The molecule has 0 atom stereocenters. The fourth-order valence-electron chi connectivity index (χ4n) is 0.268. The predicted octanol–water partition coefficient (Wildman–Crippen LogP) is -1.62. The highest BCUT2D eigenvalue weighted by molar-refractivity contribution is 5.74. The van der Waals surface area contributed by atoms with Gasteiger partial charge >= 0.3 is 0 Å². The minimum atomic E-state index is -0.112. The van der Waals surface area contributed by atoms with Crippen LogP contribution in [0.3, 0.4) is 0 Å². The second kappa shape index (κ2) is 4.89. The van der Waals surface area contributed by atoms with Crippen LogP contribution in [0.1, 0.15) is 0 Å². The van der Waals surface area contributed by atoms with Gasteiger partial charge < -0.3 is 16.4 Å². The van der Waals surface area contributed by atoms with Gasteiger partial charge in [-0.15, -0.1) is 0 Å².